The second-order valence-corrected chi connectivity index (χ2v) is 6.05. The molecule has 0 bridgehead atoms. The van der Waals surface area contributed by atoms with Crippen molar-refractivity contribution in [3.8, 4) is 0 Å². The average Bonchev–Trinajstić information content (AvgIpc) is 2.74. The van der Waals surface area contributed by atoms with E-state index in [2.05, 4.69) is 33.3 Å². The van der Waals surface area contributed by atoms with Gasteiger partial charge in [-0.3, -0.25) is 4.68 Å². The maximum atomic E-state index is 14.1. The highest BCUT2D eigenvalue weighted by Gasteiger charge is 2.20. The summed E-state index contributed by atoms with van der Waals surface area (Å²) in [7, 11) is 3.79. The van der Waals surface area contributed by atoms with E-state index in [-0.39, 0.29) is 11.9 Å². The molecule has 1 aromatic carbocycles. The number of likely N-dealkylation sites (N-methyl/N-ethyl adjacent to an activating group) is 1. The molecule has 1 unspecified atom stereocenters. The summed E-state index contributed by atoms with van der Waals surface area (Å²) in [5, 5.41) is 7.71. The Labute approximate surface area is 133 Å². The van der Waals surface area contributed by atoms with E-state index in [9.17, 15) is 4.39 Å². The Morgan fingerprint density at radius 1 is 1.43 bits per heavy atom. The van der Waals surface area contributed by atoms with Gasteiger partial charge in [0.1, 0.15) is 5.82 Å². The Bertz CT molecular complexity index is 637. The fraction of sp³-hybridized carbons (Fsp3) is 0.438. The van der Waals surface area contributed by atoms with Gasteiger partial charge < -0.3 is 5.32 Å². The van der Waals surface area contributed by atoms with Crippen molar-refractivity contribution < 1.29 is 4.39 Å². The second-order valence-electron chi connectivity index (χ2n) is 5.25. The maximum absolute atomic E-state index is 14.1. The van der Waals surface area contributed by atoms with Crippen molar-refractivity contribution in [1.29, 1.82) is 0 Å². The van der Waals surface area contributed by atoms with Crippen molar-refractivity contribution in [2.45, 2.75) is 32.7 Å². The highest BCUT2D eigenvalue weighted by atomic mass is 79.9. The first-order valence-electron chi connectivity index (χ1n) is 7.11. The number of aryl methyl sites for hydroxylation is 3. The normalized spacial score (nSPS) is 12.7. The first-order chi connectivity index (χ1) is 9.97. The molecule has 0 aliphatic carbocycles. The van der Waals surface area contributed by atoms with Crippen molar-refractivity contribution >= 4 is 15.9 Å². The number of benzene rings is 1. The molecule has 0 amide bonds. The minimum atomic E-state index is -0.172. The average molecular weight is 354 g/mol. The molecule has 1 N–H and O–H groups in total. The van der Waals surface area contributed by atoms with Crippen molar-refractivity contribution in [3.63, 3.8) is 0 Å². The van der Waals surface area contributed by atoms with E-state index < -0.39 is 0 Å². The van der Waals surface area contributed by atoms with Crippen LogP contribution in [0.1, 0.15) is 35.5 Å². The Kier molecular flexibility index (Phi) is 5.17. The molecule has 21 heavy (non-hydrogen) atoms. The summed E-state index contributed by atoms with van der Waals surface area (Å²) in [5.41, 5.74) is 3.87. The minimum Gasteiger partial charge on any atom is -0.313 e. The lowest BCUT2D eigenvalue weighted by molar-refractivity contribution is 0.518. The molecule has 3 nitrogen and oxygen atoms in total. The van der Waals surface area contributed by atoms with E-state index in [4.69, 9.17) is 0 Å². The number of halogens is 2. The van der Waals surface area contributed by atoms with Gasteiger partial charge in [0.2, 0.25) is 0 Å². The number of nitrogens with one attached hydrogen (secondary N) is 1. The SMILES string of the molecule is CCc1nn(C)c(CC(NC)c2cc(C)ccc2F)c1Br. The van der Waals surface area contributed by atoms with E-state index in [1.165, 1.54) is 6.07 Å². The minimum absolute atomic E-state index is 0.0821. The van der Waals surface area contributed by atoms with Crippen LogP contribution >= 0.6 is 15.9 Å². The molecule has 2 rings (SSSR count). The van der Waals surface area contributed by atoms with Crippen LogP contribution < -0.4 is 5.32 Å². The summed E-state index contributed by atoms with van der Waals surface area (Å²) in [4.78, 5) is 0. The molecule has 5 heteroatoms. The van der Waals surface area contributed by atoms with Gasteiger partial charge in [0.05, 0.1) is 15.9 Å². The lowest BCUT2D eigenvalue weighted by Gasteiger charge is -2.18. The Balaban J connectivity index is 2.36. The van der Waals surface area contributed by atoms with Gasteiger partial charge in [0.15, 0.2) is 0 Å². The summed E-state index contributed by atoms with van der Waals surface area (Å²) in [6.45, 7) is 4.05. The lowest BCUT2D eigenvalue weighted by atomic mass is 9.99. The molecule has 1 atom stereocenters. The van der Waals surface area contributed by atoms with Crippen molar-refractivity contribution in [2.24, 2.45) is 7.05 Å². The summed E-state index contributed by atoms with van der Waals surface area (Å²) < 4.78 is 17.0. The molecular weight excluding hydrogens is 333 g/mol. The zero-order chi connectivity index (χ0) is 15.6. The number of nitrogens with zero attached hydrogens (tertiary/aromatic N) is 2. The highest BCUT2D eigenvalue weighted by Crippen LogP contribution is 2.28. The third kappa shape index (κ3) is 3.35. The first kappa shape index (κ1) is 16.2. The zero-order valence-corrected chi connectivity index (χ0v) is 14.5. The molecule has 0 fully saturated rings. The molecule has 0 aliphatic rings. The van der Waals surface area contributed by atoms with Gasteiger partial charge in [-0.25, -0.2) is 4.39 Å². The van der Waals surface area contributed by atoms with Gasteiger partial charge in [0, 0.05) is 25.1 Å². The first-order valence-corrected chi connectivity index (χ1v) is 7.90. The quantitative estimate of drug-likeness (QED) is 0.888. The third-order valence-corrected chi connectivity index (χ3v) is 4.69. The number of rotatable bonds is 5. The number of hydrogen-bond acceptors (Lipinski definition) is 2. The van der Waals surface area contributed by atoms with Crippen LogP contribution in [0.15, 0.2) is 22.7 Å². The van der Waals surface area contributed by atoms with E-state index in [0.29, 0.717) is 12.0 Å². The van der Waals surface area contributed by atoms with Gasteiger partial charge in [-0.2, -0.15) is 5.10 Å². The topological polar surface area (TPSA) is 29.9 Å². The van der Waals surface area contributed by atoms with Crippen molar-refractivity contribution in [3.05, 3.63) is 51.0 Å². The summed E-state index contributed by atoms with van der Waals surface area (Å²) in [5.74, 6) is -0.172. The van der Waals surface area contributed by atoms with E-state index in [0.717, 1.165) is 27.8 Å². The van der Waals surface area contributed by atoms with E-state index >= 15 is 0 Å². The van der Waals surface area contributed by atoms with Crippen molar-refractivity contribution in [2.75, 3.05) is 7.05 Å². The van der Waals surface area contributed by atoms with E-state index in [1.807, 2.05) is 31.8 Å². The standard InChI is InChI=1S/C16H21BrFN3/c1-5-13-16(17)15(21(4)20-13)9-14(19-3)11-8-10(2)6-7-12(11)18/h6-8,14,19H,5,9H2,1-4H3. The Morgan fingerprint density at radius 2 is 2.14 bits per heavy atom. The number of hydrogen-bond donors (Lipinski definition) is 1. The molecule has 2 aromatic rings. The number of aromatic nitrogens is 2. The summed E-state index contributed by atoms with van der Waals surface area (Å²) in [6.07, 6.45) is 1.55. The van der Waals surface area contributed by atoms with Gasteiger partial charge >= 0.3 is 0 Å². The van der Waals surface area contributed by atoms with Crippen LogP contribution in [0.4, 0.5) is 4.39 Å². The largest absolute Gasteiger partial charge is 0.313 e. The van der Waals surface area contributed by atoms with Crippen LogP contribution in [-0.4, -0.2) is 16.8 Å². The summed E-state index contributed by atoms with van der Waals surface area (Å²) in [6, 6.07) is 5.15. The van der Waals surface area contributed by atoms with Crippen LogP contribution in [0.2, 0.25) is 0 Å². The molecule has 0 radical (unpaired) electrons. The second kappa shape index (κ2) is 6.71. The smallest absolute Gasteiger partial charge is 0.128 e. The maximum Gasteiger partial charge on any atom is 0.128 e. The predicted molar refractivity (Wildman–Crippen MR) is 86.9 cm³/mol. The predicted octanol–water partition coefficient (Wildman–Crippen LogP) is 3.70. The highest BCUT2D eigenvalue weighted by molar-refractivity contribution is 9.10. The van der Waals surface area contributed by atoms with Crippen molar-refractivity contribution in [1.82, 2.24) is 15.1 Å². The molecule has 1 aromatic heterocycles. The van der Waals surface area contributed by atoms with Gasteiger partial charge in [-0.15, -0.1) is 0 Å². The van der Waals surface area contributed by atoms with Gasteiger partial charge in [-0.05, 0) is 42.4 Å². The molecular formula is C16H21BrFN3. The van der Waals surface area contributed by atoms with Gasteiger partial charge in [0.25, 0.3) is 0 Å². The monoisotopic (exact) mass is 353 g/mol. The van der Waals surface area contributed by atoms with E-state index in [1.54, 1.807) is 6.07 Å². The van der Waals surface area contributed by atoms with Crippen LogP contribution in [0.3, 0.4) is 0 Å². The molecule has 0 spiro atoms. The molecule has 114 valence electrons. The molecule has 0 saturated carbocycles. The molecule has 0 aliphatic heterocycles. The lowest BCUT2D eigenvalue weighted by Crippen LogP contribution is -2.21. The van der Waals surface area contributed by atoms with Gasteiger partial charge in [-0.1, -0.05) is 24.6 Å². The Morgan fingerprint density at radius 3 is 2.71 bits per heavy atom. The molecule has 0 saturated heterocycles. The van der Waals surface area contributed by atoms with Crippen LogP contribution in [0.5, 0.6) is 0 Å². The fourth-order valence-corrected chi connectivity index (χ4v) is 3.31. The van der Waals surface area contributed by atoms with Crippen LogP contribution in [0.25, 0.3) is 0 Å². The zero-order valence-electron chi connectivity index (χ0n) is 12.9. The third-order valence-electron chi connectivity index (χ3n) is 3.78. The Hall–Kier alpha value is -1.20. The van der Waals surface area contributed by atoms with Crippen LogP contribution in [-0.2, 0) is 19.9 Å². The van der Waals surface area contributed by atoms with Crippen LogP contribution in [0, 0.1) is 12.7 Å². The summed E-state index contributed by atoms with van der Waals surface area (Å²) >= 11 is 3.62. The fourth-order valence-electron chi connectivity index (χ4n) is 2.53. The molecule has 1 heterocycles.